The van der Waals surface area contributed by atoms with Gasteiger partial charge in [-0.05, 0) is 81.9 Å². The molecule has 7 rings (SSSR count). The Labute approximate surface area is 455 Å². The second-order valence-corrected chi connectivity index (χ2v) is 22.4. The third-order valence-corrected chi connectivity index (χ3v) is 15.9. The first-order valence-electron chi connectivity index (χ1n) is 26.5. The third kappa shape index (κ3) is 12.1. The van der Waals surface area contributed by atoms with E-state index in [1.54, 1.807) is 97.0 Å². The zero-order chi connectivity index (χ0) is 56.8. The number of methoxy groups -OCH3 is 1. The number of unbranched alkanes of at least 4 members (excludes halogenated alkanes) is 2. The van der Waals surface area contributed by atoms with E-state index in [1.165, 1.54) is 26.2 Å². The molecule has 19 nitrogen and oxygen atoms in total. The van der Waals surface area contributed by atoms with Crippen LogP contribution in [0.4, 0.5) is 9.59 Å². The molecule has 4 N–H and O–H groups in total. The van der Waals surface area contributed by atoms with Crippen molar-refractivity contribution in [2.45, 2.75) is 154 Å². The van der Waals surface area contributed by atoms with Crippen molar-refractivity contribution < 1.29 is 81.7 Å². The number of aliphatic hydroxyl groups is 2. The summed E-state index contributed by atoms with van der Waals surface area (Å²) in [5.41, 5.74) is -6.65. The first kappa shape index (κ1) is 59.0. The lowest BCUT2D eigenvalue weighted by molar-refractivity contribution is -0.347. The van der Waals surface area contributed by atoms with Crippen LogP contribution in [0.2, 0.25) is 0 Å². The molecule has 2 bridgehead atoms. The summed E-state index contributed by atoms with van der Waals surface area (Å²) < 4.78 is 48.4. The van der Waals surface area contributed by atoms with E-state index in [1.807, 2.05) is 30.3 Å². The van der Waals surface area contributed by atoms with Crippen LogP contribution in [-0.2, 0) is 63.7 Å². The smallest absolute Gasteiger partial charge is 0.408 e. The number of aliphatic hydroxyl groups excluding tert-OH is 1. The van der Waals surface area contributed by atoms with E-state index in [0.29, 0.717) is 18.4 Å². The van der Waals surface area contributed by atoms with Gasteiger partial charge in [0.05, 0.1) is 42.1 Å². The molecule has 78 heavy (non-hydrogen) atoms. The predicted molar refractivity (Wildman–Crippen MR) is 280 cm³/mol. The van der Waals surface area contributed by atoms with Gasteiger partial charge in [-0.25, -0.2) is 19.2 Å². The van der Waals surface area contributed by atoms with Gasteiger partial charge < -0.3 is 58.7 Å². The van der Waals surface area contributed by atoms with Crippen LogP contribution in [0.3, 0.4) is 0 Å². The number of hydrogen-bond acceptors (Lipinski definition) is 17. The molecule has 1 aliphatic heterocycles. The Morgan fingerprint density at radius 3 is 2.09 bits per heavy atom. The number of ketones is 1. The normalized spacial score (nSPS) is 27.8. The minimum absolute atomic E-state index is 0.0589. The number of benzene rings is 3. The quantitative estimate of drug-likeness (QED) is 0.0400. The van der Waals surface area contributed by atoms with E-state index in [0.717, 1.165) is 5.56 Å². The van der Waals surface area contributed by atoms with Crippen LogP contribution in [0.25, 0.3) is 0 Å². The van der Waals surface area contributed by atoms with E-state index < -0.39 is 131 Å². The van der Waals surface area contributed by atoms with Crippen molar-refractivity contribution in [3.05, 3.63) is 119 Å². The largest absolute Gasteiger partial charge is 0.455 e. The van der Waals surface area contributed by atoms with E-state index in [2.05, 4.69) is 10.6 Å². The molecular formula is C59H74N2O17. The first-order valence-corrected chi connectivity index (χ1v) is 26.5. The molecule has 3 aromatic carbocycles. The fourth-order valence-electron chi connectivity index (χ4n) is 12.1. The van der Waals surface area contributed by atoms with Crippen LogP contribution in [-0.4, -0.2) is 126 Å². The molecule has 0 aromatic heterocycles. The summed E-state index contributed by atoms with van der Waals surface area (Å²) in [7, 11) is 1.41. The number of fused-ring (bicyclic) bond motifs is 5. The Morgan fingerprint density at radius 2 is 1.50 bits per heavy atom. The summed E-state index contributed by atoms with van der Waals surface area (Å²) in [6, 6.07) is 24.0. The Balaban J connectivity index is 1.26. The molecular weight excluding hydrogens is 1010 g/mol. The minimum atomic E-state index is -2.34. The maximum Gasteiger partial charge on any atom is 0.408 e. The highest BCUT2D eigenvalue weighted by atomic mass is 16.6. The van der Waals surface area contributed by atoms with Crippen LogP contribution in [0.1, 0.15) is 121 Å². The summed E-state index contributed by atoms with van der Waals surface area (Å²) in [5.74, 6) is -7.01. The second kappa shape index (κ2) is 24.1. The molecule has 0 unspecified atom stereocenters. The average Bonchev–Trinajstić information content (AvgIpc) is 1.57. The number of ether oxygens (including phenoxy) is 8. The molecule has 19 heteroatoms. The van der Waals surface area contributed by atoms with Gasteiger partial charge in [0, 0.05) is 45.3 Å². The summed E-state index contributed by atoms with van der Waals surface area (Å²) in [6.07, 6.45) is -8.01. The lowest BCUT2D eigenvalue weighted by atomic mass is 9.43. The van der Waals surface area contributed by atoms with E-state index in [-0.39, 0.29) is 55.7 Å². The van der Waals surface area contributed by atoms with Crippen molar-refractivity contribution >= 4 is 41.8 Å². The Bertz CT molecular complexity index is 2690. The number of esters is 4. The molecule has 2 saturated carbocycles. The highest BCUT2D eigenvalue weighted by Gasteiger charge is 2.78. The van der Waals surface area contributed by atoms with Gasteiger partial charge in [0.25, 0.3) is 0 Å². The molecule has 0 radical (unpaired) electrons. The second-order valence-electron chi connectivity index (χ2n) is 22.4. The zero-order valence-electron chi connectivity index (χ0n) is 45.9. The van der Waals surface area contributed by atoms with Crippen molar-refractivity contribution in [2.24, 2.45) is 22.7 Å². The van der Waals surface area contributed by atoms with Gasteiger partial charge in [0.15, 0.2) is 11.4 Å². The third-order valence-electron chi connectivity index (χ3n) is 15.9. The SMILES string of the molecule is CO[C@H]1C[C@H]2OC[C@@]2(OC(C)=O)[C@H]2[C@H](OC(=O)c3ccccc3)[C@]3(O)C[C@H](OC(=O)[C@H](OC(=O)CCCCCNC(=O)OCc4ccccc4)[C@@H](NC(=O)OC(C)(C)C)c4ccccc4)C(C)=C([C@@H](CO)C(=O)[C@]12C)C3(C)C. The van der Waals surface area contributed by atoms with Crippen LogP contribution < -0.4 is 10.6 Å². The molecule has 2 amide bonds. The van der Waals surface area contributed by atoms with Crippen molar-refractivity contribution in [2.75, 3.05) is 26.9 Å². The zero-order valence-corrected chi connectivity index (χ0v) is 45.9. The highest BCUT2D eigenvalue weighted by Crippen LogP contribution is 2.65. The molecule has 3 fully saturated rings. The van der Waals surface area contributed by atoms with Gasteiger partial charge in [-0.2, -0.15) is 0 Å². The molecule has 1 saturated heterocycles. The number of hydrogen-bond donors (Lipinski definition) is 4. The fourth-order valence-corrected chi connectivity index (χ4v) is 12.1. The Kier molecular flexibility index (Phi) is 18.3. The summed E-state index contributed by atoms with van der Waals surface area (Å²) in [6.45, 7) is 12.0. The van der Waals surface area contributed by atoms with Gasteiger partial charge in [0.2, 0.25) is 6.10 Å². The fraction of sp³-hybridized carbons (Fsp3) is 0.542. The van der Waals surface area contributed by atoms with E-state index in [9.17, 15) is 34.2 Å². The lowest BCUT2D eigenvalue weighted by Crippen LogP contribution is -2.81. The lowest BCUT2D eigenvalue weighted by Gasteiger charge is -2.68. The molecule has 11 atom stereocenters. The van der Waals surface area contributed by atoms with Gasteiger partial charge in [-0.3, -0.25) is 14.4 Å². The van der Waals surface area contributed by atoms with Crippen molar-refractivity contribution in [1.29, 1.82) is 0 Å². The molecule has 3 aromatic rings. The Morgan fingerprint density at radius 1 is 0.859 bits per heavy atom. The van der Waals surface area contributed by atoms with Crippen LogP contribution in [0.5, 0.6) is 0 Å². The van der Waals surface area contributed by atoms with Crippen molar-refractivity contribution in [3.63, 3.8) is 0 Å². The summed E-state index contributed by atoms with van der Waals surface area (Å²) in [5, 5.41) is 30.9. The Hall–Kier alpha value is -6.67. The number of rotatable bonds is 19. The van der Waals surface area contributed by atoms with Gasteiger partial charge in [0.1, 0.15) is 42.2 Å². The van der Waals surface area contributed by atoms with E-state index in [4.69, 9.17) is 37.9 Å². The van der Waals surface area contributed by atoms with E-state index >= 15 is 9.59 Å². The number of alkyl carbamates (subject to hydrolysis) is 2. The summed E-state index contributed by atoms with van der Waals surface area (Å²) in [4.78, 5) is 98.9. The number of Topliss-reactive ketones (excluding diaryl/α,β-unsaturated/α-hetero) is 1. The van der Waals surface area contributed by atoms with Gasteiger partial charge in [-0.15, -0.1) is 0 Å². The molecule has 4 aliphatic rings. The van der Waals surface area contributed by atoms with Crippen LogP contribution in [0, 0.1) is 22.7 Å². The number of carbonyl (C=O) groups excluding carboxylic acids is 7. The monoisotopic (exact) mass is 1080 g/mol. The highest BCUT2D eigenvalue weighted by molar-refractivity contribution is 5.93. The molecule has 3 aliphatic carbocycles. The maximum absolute atomic E-state index is 15.8. The standard InChI is InChI=1S/C59H74N2O17/c1-35-41(74-52(67)47(46(38-24-16-11-17-25-38)61-54(69)78-55(3,4)5)75-44(64)28-20-13-21-29-60-53(68)72-33-37-22-14-10-15-23-37)31-59(70)50(76-51(66)39-26-18-12-19-27-39)48-57(8,49(65)40(32-62)45(35)56(59,6)7)42(71-9)30-43-58(48,34-73-43)77-36(2)63/h10-12,14-19,22-27,40-43,46-48,50,62,70H,13,20-21,28-34H2,1-9H3,(H,60,68)(H,61,69)/t40-,41+,42+,43-,46+,47-,48+,50+,57-,58+,59-/m1/s1. The molecule has 1 heterocycles. The molecule has 422 valence electrons. The van der Waals surface area contributed by atoms with Crippen LogP contribution >= 0.6 is 0 Å². The average molecular weight is 1080 g/mol. The summed E-state index contributed by atoms with van der Waals surface area (Å²) >= 11 is 0. The van der Waals surface area contributed by atoms with Crippen molar-refractivity contribution in [1.82, 2.24) is 10.6 Å². The maximum atomic E-state index is 15.8. The first-order chi connectivity index (χ1) is 36.9. The van der Waals surface area contributed by atoms with Crippen LogP contribution in [0.15, 0.2) is 102 Å². The minimum Gasteiger partial charge on any atom is -0.455 e. The number of carbonyl (C=O) groups is 7. The van der Waals surface area contributed by atoms with Gasteiger partial charge in [-0.1, -0.05) is 99.1 Å². The molecule has 0 spiro atoms. The topological polar surface area (TPSA) is 258 Å². The van der Waals surface area contributed by atoms with Gasteiger partial charge >= 0.3 is 36.1 Å². The number of nitrogens with one attached hydrogen (secondary N) is 2. The predicted octanol–water partition coefficient (Wildman–Crippen LogP) is 7.20. The van der Waals surface area contributed by atoms with Crippen molar-refractivity contribution in [3.8, 4) is 0 Å². The number of amides is 2.